The van der Waals surface area contributed by atoms with Gasteiger partial charge in [-0.2, -0.15) is 10.4 Å². The number of rotatable bonds is 4. The lowest BCUT2D eigenvalue weighted by Crippen LogP contribution is -1.96. The Hall–Kier alpha value is -2.58. The maximum atomic E-state index is 8.79. The number of nitrogens with one attached hydrogen (secondary N) is 2. The van der Waals surface area contributed by atoms with Crippen LogP contribution in [0.4, 0.5) is 5.69 Å². The average Bonchev–Trinajstić information content (AvgIpc) is 3.17. The zero-order valence-corrected chi connectivity index (χ0v) is 11.4. The maximum absolute atomic E-state index is 8.79. The molecule has 0 bridgehead atoms. The Morgan fingerprint density at radius 3 is 2.65 bits per heavy atom. The molecule has 0 aliphatic rings. The van der Waals surface area contributed by atoms with Gasteiger partial charge >= 0.3 is 0 Å². The van der Waals surface area contributed by atoms with Crippen LogP contribution in [0.2, 0.25) is 0 Å². The lowest BCUT2D eigenvalue weighted by atomic mass is 10.1. The molecule has 0 radical (unpaired) electrons. The van der Waals surface area contributed by atoms with Crippen LogP contribution in [0.5, 0.6) is 0 Å². The third-order valence-corrected chi connectivity index (χ3v) is 3.93. The number of aromatic nitrogens is 2. The molecule has 5 heteroatoms. The molecule has 0 atom stereocenters. The Bertz CT molecular complexity index is 720. The summed E-state index contributed by atoms with van der Waals surface area (Å²) in [6.45, 7) is 0.732. The van der Waals surface area contributed by atoms with E-state index < -0.39 is 0 Å². The van der Waals surface area contributed by atoms with Crippen molar-refractivity contribution in [2.75, 3.05) is 5.32 Å². The molecule has 2 heterocycles. The van der Waals surface area contributed by atoms with Crippen LogP contribution in [0.1, 0.15) is 9.75 Å². The molecule has 0 aliphatic carbocycles. The second kappa shape index (κ2) is 5.59. The molecule has 1 aromatic carbocycles. The summed E-state index contributed by atoms with van der Waals surface area (Å²) >= 11 is 1.52. The van der Waals surface area contributed by atoms with Gasteiger partial charge in [-0.05, 0) is 35.9 Å². The second-order valence-corrected chi connectivity index (χ2v) is 5.45. The number of aromatic amines is 1. The first-order chi connectivity index (χ1) is 9.85. The van der Waals surface area contributed by atoms with Crippen LogP contribution in [0.3, 0.4) is 0 Å². The molecule has 0 saturated carbocycles. The van der Waals surface area contributed by atoms with E-state index in [0.29, 0.717) is 0 Å². The average molecular weight is 280 g/mol. The van der Waals surface area contributed by atoms with Crippen molar-refractivity contribution in [3.8, 4) is 17.3 Å². The summed E-state index contributed by atoms with van der Waals surface area (Å²) in [6, 6.07) is 16.1. The topological polar surface area (TPSA) is 64.5 Å². The van der Waals surface area contributed by atoms with Gasteiger partial charge in [-0.3, -0.25) is 5.10 Å². The minimum atomic E-state index is 0.732. The van der Waals surface area contributed by atoms with Crippen LogP contribution in [-0.2, 0) is 6.54 Å². The minimum Gasteiger partial charge on any atom is -0.380 e. The SMILES string of the molecule is N#Cc1ccc(CNc2ccc(-c3ccn[nH]3)cc2)s1. The van der Waals surface area contributed by atoms with Gasteiger partial charge in [-0.15, -0.1) is 11.3 Å². The Balaban J connectivity index is 1.65. The molecule has 0 aliphatic heterocycles. The number of anilines is 1. The summed E-state index contributed by atoms with van der Waals surface area (Å²) in [5.41, 5.74) is 3.17. The van der Waals surface area contributed by atoms with Crippen molar-refractivity contribution in [2.24, 2.45) is 0 Å². The summed E-state index contributed by atoms with van der Waals surface area (Å²) in [7, 11) is 0. The van der Waals surface area contributed by atoms with Crippen molar-refractivity contribution >= 4 is 17.0 Å². The van der Waals surface area contributed by atoms with Crippen LogP contribution in [0.15, 0.2) is 48.7 Å². The number of hydrogen-bond acceptors (Lipinski definition) is 4. The number of benzene rings is 1. The standard InChI is InChI=1S/C15H12N4S/c16-9-13-5-6-14(20-13)10-17-12-3-1-11(2-4-12)15-7-8-18-19-15/h1-8,17H,10H2,(H,18,19). The fourth-order valence-electron chi connectivity index (χ4n) is 1.91. The number of thiophene rings is 1. The maximum Gasteiger partial charge on any atom is 0.110 e. The predicted octanol–water partition coefficient (Wildman–Crippen LogP) is 3.62. The summed E-state index contributed by atoms with van der Waals surface area (Å²) in [6.07, 6.45) is 1.74. The van der Waals surface area contributed by atoms with Crippen molar-refractivity contribution in [1.29, 1.82) is 5.26 Å². The molecule has 20 heavy (non-hydrogen) atoms. The van der Waals surface area contributed by atoms with Crippen LogP contribution in [0, 0.1) is 11.3 Å². The molecule has 0 fully saturated rings. The van der Waals surface area contributed by atoms with Gasteiger partial charge < -0.3 is 5.32 Å². The van der Waals surface area contributed by atoms with E-state index >= 15 is 0 Å². The molecular weight excluding hydrogens is 268 g/mol. The molecular formula is C15H12N4S. The highest BCUT2D eigenvalue weighted by Crippen LogP contribution is 2.20. The van der Waals surface area contributed by atoms with Gasteiger partial charge in [-0.25, -0.2) is 0 Å². The first kappa shape index (κ1) is 12.5. The Morgan fingerprint density at radius 2 is 2.00 bits per heavy atom. The lowest BCUT2D eigenvalue weighted by molar-refractivity contribution is 1.09. The second-order valence-electron chi connectivity index (χ2n) is 4.28. The van der Waals surface area contributed by atoms with Gasteiger partial charge in [0.2, 0.25) is 0 Å². The van der Waals surface area contributed by atoms with E-state index in [4.69, 9.17) is 5.26 Å². The molecule has 0 amide bonds. The van der Waals surface area contributed by atoms with Crippen molar-refractivity contribution in [1.82, 2.24) is 10.2 Å². The van der Waals surface area contributed by atoms with Gasteiger partial charge in [0.25, 0.3) is 0 Å². The molecule has 2 aromatic heterocycles. The smallest absolute Gasteiger partial charge is 0.110 e. The first-order valence-electron chi connectivity index (χ1n) is 6.17. The van der Waals surface area contributed by atoms with Crippen LogP contribution in [0.25, 0.3) is 11.3 Å². The monoisotopic (exact) mass is 280 g/mol. The fourth-order valence-corrected chi connectivity index (χ4v) is 2.65. The van der Waals surface area contributed by atoms with E-state index in [1.54, 1.807) is 6.20 Å². The van der Waals surface area contributed by atoms with E-state index in [1.807, 2.05) is 42.5 Å². The molecule has 0 unspecified atom stereocenters. The Kier molecular flexibility index (Phi) is 3.48. The summed E-state index contributed by atoms with van der Waals surface area (Å²) in [5.74, 6) is 0. The van der Waals surface area contributed by atoms with Gasteiger partial charge in [-0.1, -0.05) is 12.1 Å². The normalized spacial score (nSPS) is 10.2. The van der Waals surface area contributed by atoms with E-state index in [2.05, 4.69) is 21.6 Å². The predicted molar refractivity (Wildman–Crippen MR) is 80.4 cm³/mol. The zero-order chi connectivity index (χ0) is 13.8. The van der Waals surface area contributed by atoms with E-state index in [1.165, 1.54) is 11.3 Å². The molecule has 0 saturated heterocycles. The van der Waals surface area contributed by atoms with Gasteiger partial charge in [0.05, 0.1) is 5.69 Å². The van der Waals surface area contributed by atoms with E-state index in [9.17, 15) is 0 Å². The largest absolute Gasteiger partial charge is 0.380 e. The minimum absolute atomic E-state index is 0.732. The zero-order valence-electron chi connectivity index (χ0n) is 10.6. The number of H-pyrrole nitrogens is 1. The molecule has 98 valence electrons. The van der Waals surface area contributed by atoms with Crippen molar-refractivity contribution in [2.45, 2.75) is 6.54 Å². The highest BCUT2D eigenvalue weighted by molar-refractivity contribution is 7.12. The molecule has 2 N–H and O–H groups in total. The number of nitriles is 1. The van der Waals surface area contributed by atoms with Crippen molar-refractivity contribution < 1.29 is 0 Å². The summed E-state index contributed by atoms with van der Waals surface area (Å²) < 4.78 is 0. The molecule has 3 aromatic rings. The molecule has 3 rings (SSSR count). The highest BCUT2D eigenvalue weighted by atomic mass is 32.1. The van der Waals surface area contributed by atoms with Crippen LogP contribution in [-0.4, -0.2) is 10.2 Å². The number of hydrogen-bond donors (Lipinski definition) is 2. The van der Waals surface area contributed by atoms with E-state index in [0.717, 1.165) is 33.2 Å². The Morgan fingerprint density at radius 1 is 1.15 bits per heavy atom. The van der Waals surface area contributed by atoms with Gasteiger partial charge in [0.15, 0.2) is 0 Å². The molecule has 0 spiro atoms. The van der Waals surface area contributed by atoms with E-state index in [-0.39, 0.29) is 0 Å². The summed E-state index contributed by atoms with van der Waals surface area (Å²) in [4.78, 5) is 1.90. The third-order valence-electron chi connectivity index (χ3n) is 2.94. The van der Waals surface area contributed by atoms with Crippen molar-refractivity contribution in [3.05, 3.63) is 58.4 Å². The number of nitrogens with zero attached hydrogens (tertiary/aromatic N) is 2. The quantitative estimate of drug-likeness (QED) is 0.767. The van der Waals surface area contributed by atoms with Crippen LogP contribution >= 0.6 is 11.3 Å². The highest BCUT2D eigenvalue weighted by Gasteiger charge is 2.01. The first-order valence-corrected chi connectivity index (χ1v) is 6.99. The third kappa shape index (κ3) is 2.71. The lowest BCUT2D eigenvalue weighted by Gasteiger charge is -2.05. The van der Waals surface area contributed by atoms with Crippen molar-refractivity contribution in [3.63, 3.8) is 0 Å². The van der Waals surface area contributed by atoms with Gasteiger partial charge in [0.1, 0.15) is 10.9 Å². The molecule has 4 nitrogen and oxygen atoms in total. The summed E-state index contributed by atoms with van der Waals surface area (Å²) in [5, 5.41) is 19.0. The van der Waals surface area contributed by atoms with Gasteiger partial charge in [0, 0.05) is 23.3 Å². The Labute approximate surface area is 120 Å². The van der Waals surface area contributed by atoms with Crippen LogP contribution < -0.4 is 5.32 Å². The fraction of sp³-hybridized carbons (Fsp3) is 0.0667.